The second-order valence-electron chi connectivity index (χ2n) is 2.69. The summed E-state index contributed by atoms with van der Waals surface area (Å²) in [6, 6.07) is 5.00. The van der Waals surface area contributed by atoms with Crippen molar-refractivity contribution >= 4 is 5.78 Å². The van der Waals surface area contributed by atoms with Crippen LogP contribution in [0.3, 0.4) is 0 Å². The van der Waals surface area contributed by atoms with E-state index in [4.69, 9.17) is 15.2 Å². The predicted octanol–water partition coefficient (Wildman–Crippen LogP) is 0.845. The number of nitrogens with two attached hydrogens (primary N) is 1. The molecule has 0 aromatic heterocycles. The third kappa shape index (κ3) is 2.03. The molecular weight excluding hydrogens is 182 g/mol. The van der Waals surface area contributed by atoms with Gasteiger partial charge in [0.2, 0.25) is 0 Å². The van der Waals surface area contributed by atoms with Crippen LogP contribution in [0.25, 0.3) is 0 Å². The lowest BCUT2D eigenvalue weighted by molar-refractivity contribution is 0.0998. The molecule has 0 saturated carbocycles. The minimum absolute atomic E-state index is 0.0251. The van der Waals surface area contributed by atoms with E-state index in [1.807, 2.05) is 0 Å². The highest BCUT2D eigenvalue weighted by atomic mass is 16.5. The second kappa shape index (κ2) is 4.62. The molecule has 0 radical (unpaired) electrons. The minimum Gasteiger partial charge on any atom is -0.497 e. The number of carbonyl (C=O) groups excluding carboxylic acids is 1. The van der Waals surface area contributed by atoms with E-state index in [0.717, 1.165) is 0 Å². The van der Waals surface area contributed by atoms with Crippen LogP contribution in [0, 0.1) is 0 Å². The number of benzene rings is 1. The zero-order chi connectivity index (χ0) is 10.6. The molecule has 1 aromatic carbocycles. The Morgan fingerprint density at radius 1 is 1.36 bits per heavy atom. The van der Waals surface area contributed by atoms with Gasteiger partial charge in [-0.3, -0.25) is 4.79 Å². The number of hydrogen-bond acceptors (Lipinski definition) is 4. The van der Waals surface area contributed by atoms with Crippen LogP contribution in [0.2, 0.25) is 0 Å². The molecule has 0 atom stereocenters. The number of hydrogen-bond donors (Lipinski definition) is 1. The molecule has 1 rings (SSSR count). The summed E-state index contributed by atoms with van der Waals surface area (Å²) in [6.07, 6.45) is 0. The van der Waals surface area contributed by atoms with E-state index in [9.17, 15) is 4.79 Å². The fraction of sp³-hybridized carbons (Fsp3) is 0.300. The number of Topliss-reactive ketones (excluding diaryl/α,β-unsaturated/α-hetero) is 1. The van der Waals surface area contributed by atoms with Gasteiger partial charge in [-0.05, 0) is 12.1 Å². The second-order valence-corrected chi connectivity index (χ2v) is 2.69. The summed E-state index contributed by atoms with van der Waals surface area (Å²) in [5, 5.41) is 0. The SMILES string of the molecule is COc1ccc(C(=O)CN)c(OC)c1. The van der Waals surface area contributed by atoms with Crippen molar-refractivity contribution in [3.8, 4) is 11.5 Å². The lowest BCUT2D eigenvalue weighted by atomic mass is 10.1. The Morgan fingerprint density at radius 3 is 2.57 bits per heavy atom. The first-order chi connectivity index (χ1) is 6.72. The number of ether oxygens (including phenoxy) is 2. The van der Waals surface area contributed by atoms with Crippen LogP contribution in [0.15, 0.2) is 18.2 Å². The summed E-state index contributed by atoms with van der Waals surface area (Å²) in [5.41, 5.74) is 5.74. The zero-order valence-electron chi connectivity index (χ0n) is 8.24. The van der Waals surface area contributed by atoms with E-state index in [1.165, 1.54) is 7.11 Å². The Balaban J connectivity index is 3.11. The Kier molecular flexibility index (Phi) is 3.48. The molecule has 0 aliphatic rings. The fourth-order valence-corrected chi connectivity index (χ4v) is 1.14. The summed E-state index contributed by atoms with van der Waals surface area (Å²) < 4.78 is 10.1. The summed E-state index contributed by atoms with van der Waals surface area (Å²) in [6.45, 7) is -0.0251. The first kappa shape index (κ1) is 10.5. The monoisotopic (exact) mass is 195 g/mol. The topological polar surface area (TPSA) is 61.5 Å². The van der Waals surface area contributed by atoms with Gasteiger partial charge in [-0.2, -0.15) is 0 Å². The molecule has 0 spiro atoms. The maximum atomic E-state index is 11.3. The van der Waals surface area contributed by atoms with Crippen molar-refractivity contribution in [2.75, 3.05) is 20.8 Å². The molecule has 14 heavy (non-hydrogen) atoms. The molecule has 0 fully saturated rings. The molecule has 0 aliphatic heterocycles. The third-order valence-electron chi connectivity index (χ3n) is 1.89. The quantitative estimate of drug-likeness (QED) is 0.723. The van der Waals surface area contributed by atoms with Crippen molar-refractivity contribution in [1.82, 2.24) is 0 Å². The van der Waals surface area contributed by atoms with Crippen molar-refractivity contribution in [1.29, 1.82) is 0 Å². The highest BCUT2D eigenvalue weighted by Gasteiger charge is 2.10. The van der Waals surface area contributed by atoms with Crippen LogP contribution < -0.4 is 15.2 Å². The van der Waals surface area contributed by atoms with Crippen molar-refractivity contribution in [3.05, 3.63) is 23.8 Å². The van der Waals surface area contributed by atoms with Crippen LogP contribution in [0.1, 0.15) is 10.4 Å². The number of ketones is 1. The van der Waals surface area contributed by atoms with Gasteiger partial charge in [0.1, 0.15) is 11.5 Å². The average Bonchev–Trinajstić information content (AvgIpc) is 2.27. The van der Waals surface area contributed by atoms with Crippen LogP contribution in [-0.4, -0.2) is 26.5 Å². The van der Waals surface area contributed by atoms with E-state index in [0.29, 0.717) is 17.1 Å². The van der Waals surface area contributed by atoms with E-state index < -0.39 is 0 Å². The average molecular weight is 195 g/mol. The normalized spacial score (nSPS) is 9.64. The molecule has 0 saturated heterocycles. The van der Waals surface area contributed by atoms with Crippen molar-refractivity contribution in [3.63, 3.8) is 0 Å². The van der Waals surface area contributed by atoms with Gasteiger partial charge >= 0.3 is 0 Å². The summed E-state index contributed by atoms with van der Waals surface area (Å²) in [5.74, 6) is 0.986. The molecule has 1 aromatic rings. The summed E-state index contributed by atoms with van der Waals surface area (Å²) in [4.78, 5) is 11.3. The fourth-order valence-electron chi connectivity index (χ4n) is 1.14. The Bertz CT molecular complexity index is 336. The molecule has 0 heterocycles. The first-order valence-corrected chi connectivity index (χ1v) is 4.18. The maximum Gasteiger partial charge on any atom is 0.180 e. The van der Waals surface area contributed by atoms with Crippen LogP contribution in [0.4, 0.5) is 0 Å². The summed E-state index contributed by atoms with van der Waals surface area (Å²) >= 11 is 0. The van der Waals surface area contributed by atoms with Crippen molar-refractivity contribution < 1.29 is 14.3 Å². The van der Waals surface area contributed by atoms with Gasteiger partial charge in [0.05, 0.1) is 26.3 Å². The van der Waals surface area contributed by atoms with Crippen molar-refractivity contribution in [2.45, 2.75) is 0 Å². The molecule has 2 N–H and O–H groups in total. The molecular formula is C10H13NO3. The molecule has 76 valence electrons. The largest absolute Gasteiger partial charge is 0.497 e. The third-order valence-corrected chi connectivity index (χ3v) is 1.89. The minimum atomic E-state index is -0.149. The van der Waals surface area contributed by atoms with Crippen LogP contribution in [-0.2, 0) is 0 Å². The Morgan fingerprint density at radius 2 is 2.07 bits per heavy atom. The predicted molar refractivity (Wildman–Crippen MR) is 52.9 cm³/mol. The lowest BCUT2D eigenvalue weighted by Gasteiger charge is -2.08. The lowest BCUT2D eigenvalue weighted by Crippen LogP contribution is -2.14. The molecule has 0 bridgehead atoms. The van der Waals surface area contributed by atoms with Gasteiger partial charge in [-0.1, -0.05) is 0 Å². The van der Waals surface area contributed by atoms with Gasteiger partial charge in [-0.15, -0.1) is 0 Å². The Hall–Kier alpha value is -1.55. The van der Waals surface area contributed by atoms with E-state index in [-0.39, 0.29) is 12.3 Å². The molecule has 4 nitrogen and oxygen atoms in total. The number of rotatable bonds is 4. The number of methoxy groups -OCH3 is 2. The standard InChI is InChI=1S/C10H13NO3/c1-13-7-3-4-8(9(12)6-11)10(5-7)14-2/h3-5H,6,11H2,1-2H3. The zero-order valence-corrected chi connectivity index (χ0v) is 8.24. The molecule has 0 amide bonds. The van der Waals surface area contributed by atoms with Crippen LogP contribution >= 0.6 is 0 Å². The van der Waals surface area contributed by atoms with Gasteiger partial charge in [-0.25, -0.2) is 0 Å². The molecule has 4 heteroatoms. The van der Waals surface area contributed by atoms with Crippen molar-refractivity contribution in [2.24, 2.45) is 5.73 Å². The van der Waals surface area contributed by atoms with Gasteiger partial charge in [0, 0.05) is 6.07 Å². The Labute approximate surface area is 82.6 Å². The first-order valence-electron chi connectivity index (χ1n) is 4.18. The van der Waals surface area contributed by atoms with Gasteiger partial charge < -0.3 is 15.2 Å². The van der Waals surface area contributed by atoms with Gasteiger partial charge in [0.25, 0.3) is 0 Å². The van der Waals surface area contributed by atoms with Gasteiger partial charge in [0.15, 0.2) is 5.78 Å². The van der Waals surface area contributed by atoms with Crippen LogP contribution in [0.5, 0.6) is 11.5 Å². The summed E-state index contributed by atoms with van der Waals surface area (Å²) in [7, 11) is 3.06. The highest BCUT2D eigenvalue weighted by Crippen LogP contribution is 2.24. The smallest absolute Gasteiger partial charge is 0.180 e. The molecule has 0 unspecified atom stereocenters. The molecule has 0 aliphatic carbocycles. The highest BCUT2D eigenvalue weighted by molar-refractivity contribution is 6.00. The number of carbonyl (C=O) groups is 1. The van der Waals surface area contributed by atoms with E-state index in [1.54, 1.807) is 25.3 Å². The van der Waals surface area contributed by atoms with E-state index in [2.05, 4.69) is 0 Å². The van der Waals surface area contributed by atoms with E-state index >= 15 is 0 Å². The maximum absolute atomic E-state index is 11.3.